The summed E-state index contributed by atoms with van der Waals surface area (Å²) < 4.78 is 24.7. The molecule has 1 saturated heterocycles. The average molecular weight is 394 g/mol. The molecule has 1 aromatic heterocycles. The first-order valence-corrected chi connectivity index (χ1v) is 8.82. The van der Waals surface area contributed by atoms with E-state index in [9.17, 15) is 4.39 Å². The molecule has 1 aromatic carbocycles. The first-order valence-electron chi connectivity index (χ1n) is 8.44. The fourth-order valence-electron chi connectivity index (χ4n) is 2.67. The third kappa shape index (κ3) is 4.99. The minimum absolute atomic E-state index is 0.189. The number of benzene rings is 1. The lowest BCUT2D eigenvalue weighted by Gasteiger charge is -2.28. The topological polar surface area (TPSA) is 85.0 Å². The minimum Gasteiger partial charge on any atom is -0.495 e. The lowest BCUT2D eigenvalue weighted by molar-refractivity contribution is 0.122. The highest BCUT2D eigenvalue weighted by Crippen LogP contribution is 2.27. The summed E-state index contributed by atoms with van der Waals surface area (Å²) in [6.07, 6.45) is 1.61. The number of hydrogen-bond acceptors (Lipinski definition) is 5. The molecular formula is C18H21ClFN5O2. The number of halogens is 2. The normalized spacial score (nSPS) is 14.9. The van der Waals surface area contributed by atoms with Gasteiger partial charge in [-0.05, 0) is 29.8 Å². The van der Waals surface area contributed by atoms with Crippen LogP contribution < -0.4 is 20.7 Å². The van der Waals surface area contributed by atoms with Crippen molar-refractivity contribution in [2.75, 3.05) is 43.6 Å². The highest BCUT2D eigenvalue weighted by molar-refractivity contribution is 6.32. The van der Waals surface area contributed by atoms with Gasteiger partial charge in [0, 0.05) is 25.0 Å². The van der Waals surface area contributed by atoms with Crippen LogP contribution in [-0.4, -0.2) is 44.4 Å². The number of ether oxygens (including phenoxy) is 2. The number of pyridine rings is 1. The second-order valence-electron chi connectivity index (χ2n) is 5.92. The van der Waals surface area contributed by atoms with Gasteiger partial charge in [-0.2, -0.15) is 0 Å². The third-order valence-corrected chi connectivity index (χ3v) is 4.34. The number of aromatic nitrogens is 1. The molecule has 0 bridgehead atoms. The molecule has 0 spiro atoms. The van der Waals surface area contributed by atoms with E-state index in [1.165, 1.54) is 6.07 Å². The summed E-state index contributed by atoms with van der Waals surface area (Å²) in [7, 11) is 1.54. The van der Waals surface area contributed by atoms with Gasteiger partial charge in [0.1, 0.15) is 5.75 Å². The summed E-state index contributed by atoms with van der Waals surface area (Å²) in [5.41, 5.74) is 7.19. The zero-order valence-corrected chi connectivity index (χ0v) is 15.7. The molecule has 7 nitrogen and oxygen atoms in total. The Bertz CT molecular complexity index is 827. The molecule has 1 aliphatic rings. The van der Waals surface area contributed by atoms with Crippen LogP contribution in [0.1, 0.15) is 5.56 Å². The molecule has 0 unspecified atom stereocenters. The Morgan fingerprint density at radius 1 is 1.41 bits per heavy atom. The van der Waals surface area contributed by atoms with Crippen LogP contribution >= 0.6 is 11.6 Å². The maximum Gasteiger partial charge on any atom is 0.193 e. The Labute approximate surface area is 161 Å². The van der Waals surface area contributed by atoms with E-state index in [0.717, 1.165) is 0 Å². The van der Waals surface area contributed by atoms with Crippen molar-refractivity contribution in [3.05, 3.63) is 46.9 Å². The number of methoxy groups -OCH3 is 1. The van der Waals surface area contributed by atoms with Crippen LogP contribution in [-0.2, 0) is 11.3 Å². The zero-order valence-electron chi connectivity index (χ0n) is 14.9. The van der Waals surface area contributed by atoms with E-state index >= 15 is 0 Å². The lowest BCUT2D eigenvalue weighted by atomic mass is 10.2. The molecule has 3 N–H and O–H groups in total. The molecule has 2 aromatic rings. The first-order chi connectivity index (χ1) is 13.1. The van der Waals surface area contributed by atoms with Crippen molar-refractivity contribution in [3.63, 3.8) is 0 Å². The number of rotatable bonds is 5. The lowest BCUT2D eigenvalue weighted by Crippen LogP contribution is -2.37. The fourth-order valence-corrected chi connectivity index (χ4v) is 2.93. The van der Waals surface area contributed by atoms with Crippen LogP contribution in [0, 0.1) is 5.82 Å². The summed E-state index contributed by atoms with van der Waals surface area (Å²) in [6, 6.07) is 6.60. The van der Waals surface area contributed by atoms with Crippen molar-refractivity contribution in [1.29, 1.82) is 0 Å². The Hall–Kier alpha value is -2.58. The largest absolute Gasteiger partial charge is 0.495 e. The third-order valence-electron chi connectivity index (χ3n) is 4.05. The molecule has 144 valence electrons. The maximum absolute atomic E-state index is 14.4. The summed E-state index contributed by atoms with van der Waals surface area (Å²) in [6.45, 7) is 2.61. The SMILES string of the molecule is COc1ccc(NC(N)=NCc2cnc(N3CCOCC3)c(F)c2)cc1Cl. The van der Waals surface area contributed by atoms with Crippen LogP contribution in [0.3, 0.4) is 0 Å². The van der Waals surface area contributed by atoms with Gasteiger partial charge in [-0.15, -0.1) is 0 Å². The van der Waals surface area contributed by atoms with Crippen molar-refractivity contribution >= 4 is 29.1 Å². The van der Waals surface area contributed by atoms with E-state index in [0.29, 0.717) is 54.1 Å². The number of anilines is 2. The fraction of sp³-hybridized carbons (Fsp3) is 0.333. The average Bonchev–Trinajstić information content (AvgIpc) is 2.67. The van der Waals surface area contributed by atoms with Crippen LogP contribution in [0.25, 0.3) is 0 Å². The second-order valence-corrected chi connectivity index (χ2v) is 6.33. The predicted octanol–water partition coefficient (Wildman–Crippen LogP) is 2.65. The van der Waals surface area contributed by atoms with Crippen molar-refractivity contribution < 1.29 is 13.9 Å². The van der Waals surface area contributed by atoms with Crippen molar-refractivity contribution in [2.45, 2.75) is 6.54 Å². The summed E-state index contributed by atoms with van der Waals surface area (Å²) in [4.78, 5) is 10.3. The molecule has 0 atom stereocenters. The van der Waals surface area contributed by atoms with Gasteiger partial charge >= 0.3 is 0 Å². The molecular weight excluding hydrogens is 373 g/mol. The first kappa shape index (κ1) is 19.2. The molecule has 27 heavy (non-hydrogen) atoms. The monoisotopic (exact) mass is 393 g/mol. The second kappa shape index (κ2) is 8.88. The standard InChI is InChI=1S/C18H21ClFN5O2/c1-26-16-3-2-13(9-14(16)19)24-18(21)23-11-12-8-15(20)17(22-10-12)25-4-6-27-7-5-25/h2-3,8-10H,4-7,11H2,1H3,(H3,21,23,24). The van der Waals surface area contributed by atoms with E-state index in [-0.39, 0.29) is 18.3 Å². The molecule has 2 heterocycles. The Morgan fingerprint density at radius 3 is 2.85 bits per heavy atom. The van der Waals surface area contributed by atoms with Crippen LogP contribution in [0.5, 0.6) is 5.75 Å². The van der Waals surface area contributed by atoms with Crippen LogP contribution in [0.4, 0.5) is 15.9 Å². The zero-order chi connectivity index (χ0) is 19.2. The van der Waals surface area contributed by atoms with Gasteiger partial charge in [0.05, 0.1) is 31.9 Å². The Balaban J connectivity index is 1.62. The van der Waals surface area contributed by atoms with Gasteiger partial charge in [0.15, 0.2) is 17.6 Å². The maximum atomic E-state index is 14.4. The van der Waals surface area contributed by atoms with Gasteiger partial charge in [-0.25, -0.2) is 14.4 Å². The minimum atomic E-state index is -0.377. The highest BCUT2D eigenvalue weighted by Gasteiger charge is 2.16. The van der Waals surface area contributed by atoms with E-state index < -0.39 is 0 Å². The van der Waals surface area contributed by atoms with Crippen molar-refractivity contribution in [2.24, 2.45) is 10.7 Å². The van der Waals surface area contributed by atoms with E-state index in [1.54, 1.807) is 31.5 Å². The van der Waals surface area contributed by atoms with Crippen molar-refractivity contribution in [1.82, 2.24) is 4.98 Å². The Kier molecular flexibility index (Phi) is 6.31. The van der Waals surface area contributed by atoms with Crippen LogP contribution in [0.15, 0.2) is 35.5 Å². The summed E-state index contributed by atoms with van der Waals surface area (Å²) in [5.74, 6) is 0.719. The summed E-state index contributed by atoms with van der Waals surface area (Å²) >= 11 is 6.07. The molecule has 0 saturated carbocycles. The number of morpholine rings is 1. The molecule has 0 radical (unpaired) electrons. The van der Waals surface area contributed by atoms with Gasteiger partial charge in [0.25, 0.3) is 0 Å². The van der Waals surface area contributed by atoms with Crippen molar-refractivity contribution in [3.8, 4) is 5.75 Å². The predicted molar refractivity (Wildman–Crippen MR) is 104 cm³/mol. The highest BCUT2D eigenvalue weighted by atomic mass is 35.5. The number of hydrogen-bond donors (Lipinski definition) is 2. The quantitative estimate of drug-likeness (QED) is 0.600. The number of guanidine groups is 1. The number of nitrogens with one attached hydrogen (secondary N) is 1. The number of nitrogens with two attached hydrogens (primary N) is 1. The summed E-state index contributed by atoms with van der Waals surface area (Å²) in [5, 5.41) is 3.39. The molecule has 1 fully saturated rings. The van der Waals surface area contributed by atoms with Gasteiger partial charge in [-0.3, -0.25) is 0 Å². The van der Waals surface area contributed by atoms with Crippen LogP contribution in [0.2, 0.25) is 5.02 Å². The van der Waals surface area contributed by atoms with Gasteiger partial charge < -0.3 is 25.4 Å². The molecule has 0 aliphatic carbocycles. The molecule has 3 rings (SSSR count). The smallest absolute Gasteiger partial charge is 0.193 e. The molecule has 1 aliphatic heterocycles. The number of aliphatic imine (C=N–C) groups is 1. The number of nitrogens with zero attached hydrogens (tertiary/aromatic N) is 3. The van der Waals surface area contributed by atoms with E-state index in [4.69, 9.17) is 26.8 Å². The molecule has 0 amide bonds. The Morgan fingerprint density at radius 2 is 2.19 bits per heavy atom. The van der Waals surface area contributed by atoms with E-state index in [1.807, 2.05) is 4.90 Å². The molecule has 9 heteroatoms. The van der Waals surface area contributed by atoms with Gasteiger partial charge in [-0.1, -0.05) is 11.6 Å². The van der Waals surface area contributed by atoms with Gasteiger partial charge in [0.2, 0.25) is 0 Å². The van der Waals surface area contributed by atoms with E-state index in [2.05, 4.69) is 15.3 Å².